The van der Waals surface area contributed by atoms with Crippen molar-refractivity contribution in [3.05, 3.63) is 94.5 Å². The van der Waals surface area contributed by atoms with Crippen molar-refractivity contribution >= 4 is 96.3 Å². The van der Waals surface area contributed by atoms with E-state index in [4.69, 9.17) is 9.47 Å². The van der Waals surface area contributed by atoms with Gasteiger partial charge in [0.1, 0.15) is 24.4 Å². The van der Waals surface area contributed by atoms with Gasteiger partial charge in [0.2, 0.25) is 11.8 Å². The van der Waals surface area contributed by atoms with Gasteiger partial charge >= 0.3 is 5.97 Å². The lowest BCUT2D eigenvalue weighted by molar-refractivity contribution is -0.142. The van der Waals surface area contributed by atoms with Crippen molar-refractivity contribution in [2.75, 3.05) is 26.1 Å². The van der Waals surface area contributed by atoms with Crippen LogP contribution in [-0.4, -0.2) is 107 Å². The minimum atomic E-state index is -1.30. The van der Waals surface area contributed by atoms with E-state index in [0.29, 0.717) is 102 Å². The van der Waals surface area contributed by atoms with Gasteiger partial charge in [-0.2, -0.15) is 0 Å². The summed E-state index contributed by atoms with van der Waals surface area (Å²) in [6.07, 6.45) is 2.20. The molecular formula is C51H52N4O10S. The molecule has 6 aromatic rings. The van der Waals surface area contributed by atoms with E-state index < -0.39 is 53.5 Å². The molecule has 6 amide bonds. The highest BCUT2D eigenvalue weighted by Gasteiger charge is 2.41. The fourth-order valence-corrected chi connectivity index (χ4v) is 10.9. The number of carbonyl (C=O) groups is 7. The average molecular weight is 913 g/mol. The molecule has 2 aliphatic rings. The van der Waals surface area contributed by atoms with Crippen LogP contribution in [0.2, 0.25) is 0 Å². The molecule has 6 aromatic carbocycles. The second-order valence-electron chi connectivity index (χ2n) is 16.8. The first-order valence-electron chi connectivity index (χ1n) is 22.4. The lowest BCUT2D eigenvalue weighted by Gasteiger charge is -2.35. The van der Waals surface area contributed by atoms with Crippen LogP contribution in [0, 0.1) is 0 Å². The van der Waals surface area contributed by atoms with E-state index >= 15 is 0 Å². The van der Waals surface area contributed by atoms with E-state index in [0.717, 1.165) is 0 Å². The Balaban J connectivity index is 1.38. The zero-order valence-electron chi connectivity index (χ0n) is 37.7. The van der Waals surface area contributed by atoms with Gasteiger partial charge in [0.15, 0.2) is 0 Å². The Hall–Kier alpha value is -6.58. The number of carbonyl (C=O) groups excluding carboxylic acids is 6. The van der Waals surface area contributed by atoms with Gasteiger partial charge in [-0.15, -0.1) is 11.8 Å². The summed E-state index contributed by atoms with van der Waals surface area (Å²) in [5.41, 5.74) is 1.95. The summed E-state index contributed by atoms with van der Waals surface area (Å²) in [6.45, 7) is 9.35. The maximum Gasteiger partial charge on any atom is 0.326 e. The number of rotatable bonds is 19. The van der Waals surface area contributed by atoms with Gasteiger partial charge in [0, 0.05) is 92.2 Å². The summed E-state index contributed by atoms with van der Waals surface area (Å²) >= 11 is 1.18. The number of carboxylic acid groups (broad SMARTS) is 1. The number of hydrogen-bond acceptors (Lipinski definition) is 10. The molecule has 66 heavy (non-hydrogen) atoms. The largest absolute Gasteiger partial charge is 0.490 e. The number of thioether (sulfide) groups is 1. The van der Waals surface area contributed by atoms with Gasteiger partial charge in [-0.25, -0.2) is 4.79 Å². The first kappa shape index (κ1) is 46.0. The van der Waals surface area contributed by atoms with E-state index in [-0.39, 0.29) is 43.0 Å². The molecule has 0 fully saturated rings. The topological polar surface area (TPSA) is 189 Å². The first-order chi connectivity index (χ1) is 31.8. The van der Waals surface area contributed by atoms with E-state index in [2.05, 4.69) is 10.6 Å². The molecule has 14 nitrogen and oxygen atoms in total. The molecule has 3 N–H and O–H groups in total. The number of nitrogens with one attached hydrogen (secondary N) is 2. The molecule has 0 saturated carbocycles. The van der Waals surface area contributed by atoms with Crippen LogP contribution in [0.5, 0.6) is 5.75 Å². The minimum Gasteiger partial charge on any atom is -0.490 e. The Kier molecular flexibility index (Phi) is 13.0. The van der Waals surface area contributed by atoms with Gasteiger partial charge in [-0.1, -0.05) is 70.2 Å². The Labute approximate surface area is 385 Å². The maximum atomic E-state index is 14.8. The zero-order chi connectivity index (χ0) is 47.1. The normalized spacial score (nSPS) is 14.7. The molecule has 2 aliphatic heterocycles. The van der Waals surface area contributed by atoms with Crippen LogP contribution >= 0.6 is 11.8 Å². The number of carboxylic acids is 1. The molecule has 0 aromatic heterocycles. The van der Waals surface area contributed by atoms with Crippen molar-refractivity contribution in [1.29, 1.82) is 0 Å². The number of benzene rings is 6. The van der Waals surface area contributed by atoms with Crippen LogP contribution in [0.4, 0.5) is 0 Å². The average Bonchev–Trinajstić information content (AvgIpc) is 3.31. The molecule has 8 rings (SSSR count). The van der Waals surface area contributed by atoms with Crippen LogP contribution < -0.4 is 15.4 Å². The number of methoxy groups -OCH3 is 1. The summed E-state index contributed by atoms with van der Waals surface area (Å²) in [5, 5.41) is 19.9. The van der Waals surface area contributed by atoms with Gasteiger partial charge in [-0.3, -0.25) is 38.6 Å². The molecule has 2 heterocycles. The molecule has 0 saturated heterocycles. The summed E-state index contributed by atoms with van der Waals surface area (Å²) in [5.74, 6) is -3.97. The predicted molar refractivity (Wildman–Crippen MR) is 253 cm³/mol. The molecule has 0 spiro atoms. The summed E-state index contributed by atoms with van der Waals surface area (Å²) in [6, 6.07) is 16.1. The molecule has 0 bridgehead atoms. The molecule has 2 unspecified atom stereocenters. The summed E-state index contributed by atoms with van der Waals surface area (Å²) < 4.78 is 11.8. The standard InChI is InChI=1S/C51H52N4O10S/c1-7-28(8-2)54-47(58)32-19-17-31-43-39(66-25-37(52-26(5)56)46(57)53-36(51(62)63)22-27-14-12-11-13-15-27)24-35-41-33(48(59)55(50(35)61)29(9-3)10-4)18-16-30(45(41)43)42-38(65-21-20-64-6)23-34(49(54)60)40(32)44(31)42/h11-19,23-24,28-29,36-37H,7-10,20-22,25H2,1-6H3,(H,52,56)(H,53,57)(H,62,63). The van der Waals surface area contributed by atoms with Crippen LogP contribution in [0.15, 0.2) is 71.6 Å². The fourth-order valence-electron chi connectivity index (χ4n) is 9.79. The first-order valence-corrected chi connectivity index (χ1v) is 23.4. The quantitative estimate of drug-likeness (QED) is 0.0237. The number of hydrogen-bond donors (Lipinski definition) is 3. The lowest BCUT2D eigenvalue weighted by atomic mass is 9.81. The maximum absolute atomic E-state index is 14.8. The van der Waals surface area contributed by atoms with Crippen molar-refractivity contribution in [1.82, 2.24) is 20.4 Å². The highest BCUT2D eigenvalue weighted by molar-refractivity contribution is 7.99. The molecule has 342 valence electrons. The van der Waals surface area contributed by atoms with Crippen LogP contribution in [0.1, 0.15) is 107 Å². The number of nitrogens with zero attached hydrogens (tertiary/aromatic N) is 2. The number of imide groups is 2. The second-order valence-corrected chi connectivity index (χ2v) is 17.9. The Morgan fingerprint density at radius 2 is 1.17 bits per heavy atom. The van der Waals surface area contributed by atoms with Gasteiger partial charge < -0.3 is 25.2 Å². The van der Waals surface area contributed by atoms with Crippen molar-refractivity contribution < 1.29 is 48.1 Å². The van der Waals surface area contributed by atoms with E-state index in [9.17, 15) is 38.7 Å². The molecule has 15 heteroatoms. The Morgan fingerprint density at radius 3 is 1.70 bits per heavy atom. The van der Waals surface area contributed by atoms with Crippen LogP contribution in [0.3, 0.4) is 0 Å². The number of fused-ring (bicyclic) bond motifs is 2. The zero-order valence-corrected chi connectivity index (χ0v) is 38.6. The van der Waals surface area contributed by atoms with Crippen LogP contribution in [0.25, 0.3) is 43.1 Å². The highest BCUT2D eigenvalue weighted by atomic mass is 32.2. The van der Waals surface area contributed by atoms with Gasteiger partial charge in [-0.05, 0) is 66.3 Å². The van der Waals surface area contributed by atoms with Crippen LogP contribution in [-0.2, 0) is 25.5 Å². The minimum absolute atomic E-state index is 0.00383. The van der Waals surface area contributed by atoms with E-state index in [1.165, 1.54) is 28.5 Å². The molecule has 0 aliphatic carbocycles. The number of amides is 6. The third kappa shape index (κ3) is 7.77. The van der Waals surface area contributed by atoms with E-state index in [1.807, 2.05) is 39.8 Å². The second kappa shape index (κ2) is 18.7. The molecular weight excluding hydrogens is 861 g/mol. The number of aliphatic carboxylic acids is 1. The molecule has 0 radical (unpaired) electrons. The molecule has 2 atom stereocenters. The lowest BCUT2D eigenvalue weighted by Crippen LogP contribution is -2.53. The van der Waals surface area contributed by atoms with E-state index in [1.54, 1.807) is 61.7 Å². The Bertz CT molecular complexity index is 2960. The summed E-state index contributed by atoms with van der Waals surface area (Å²) in [7, 11) is 1.55. The third-order valence-corrected chi connectivity index (χ3v) is 14.1. The predicted octanol–water partition coefficient (Wildman–Crippen LogP) is 7.74. The Morgan fingerprint density at radius 1 is 0.636 bits per heavy atom. The van der Waals surface area contributed by atoms with Crippen molar-refractivity contribution in [2.45, 2.75) is 95.8 Å². The third-order valence-electron chi connectivity index (χ3n) is 13.0. The smallest absolute Gasteiger partial charge is 0.326 e. The summed E-state index contributed by atoms with van der Waals surface area (Å²) in [4.78, 5) is 101. The van der Waals surface area contributed by atoms with Gasteiger partial charge in [0.25, 0.3) is 23.6 Å². The highest BCUT2D eigenvalue weighted by Crippen LogP contribution is 2.52. The SMILES string of the molecule is CCC(CC)N1C(=O)c2ccc3c4c(SCC(NC(C)=O)C(=O)NC(Cc5ccccc5)C(=O)O)cc5c6c(ccc(c7c(OCCOC)cc(c2c37)C1=O)c64)C(=O)N(C(CC)CC)C5=O. The van der Waals surface area contributed by atoms with Crippen molar-refractivity contribution in [2.24, 2.45) is 0 Å². The fraction of sp³-hybridized carbons (Fsp3) is 0.353. The van der Waals surface area contributed by atoms with Gasteiger partial charge in [0.05, 0.1) is 12.2 Å². The van der Waals surface area contributed by atoms with Crippen molar-refractivity contribution in [3.8, 4) is 5.75 Å². The van der Waals surface area contributed by atoms with Crippen molar-refractivity contribution in [3.63, 3.8) is 0 Å². The number of ether oxygens (including phenoxy) is 2. The monoisotopic (exact) mass is 912 g/mol.